The van der Waals surface area contributed by atoms with Gasteiger partial charge in [0.05, 0.1) is 0 Å². The minimum atomic E-state index is -2.50. The minimum absolute atomic E-state index is 0.133. The van der Waals surface area contributed by atoms with E-state index >= 15 is 0 Å². The summed E-state index contributed by atoms with van der Waals surface area (Å²) in [6.45, 7) is 1.93. The van der Waals surface area contributed by atoms with Crippen LogP contribution in [0, 0.1) is 0 Å². The molecule has 2 atom stereocenters. The first kappa shape index (κ1) is 14.8. The van der Waals surface area contributed by atoms with E-state index in [-0.39, 0.29) is 6.42 Å². The molecule has 92 valence electrons. The smallest absolute Gasteiger partial charge is 0.192 e. The molecule has 0 aliphatic heterocycles. The third-order valence-electron chi connectivity index (χ3n) is 2.25. The Kier molecular flexibility index (Phi) is 6.26. The molecule has 6 nitrogen and oxygen atoms in total. The number of hydrogen-bond donors (Lipinski definition) is 6. The lowest BCUT2D eigenvalue weighted by molar-refractivity contribution is -0.276. The normalized spacial score (nSPS) is 16.8. The summed E-state index contributed by atoms with van der Waals surface area (Å²) in [6.07, 6.45) is -4.24. The Morgan fingerprint density at radius 1 is 1.00 bits per heavy atom. The van der Waals surface area contributed by atoms with Gasteiger partial charge in [-0.3, -0.25) is 0 Å². The SMILES string of the molecule is CCCCCC(O)(O)C(O)C(O)C(O)O. The van der Waals surface area contributed by atoms with Crippen molar-refractivity contribution >= 4 is 0 Å². The fourth-order valence-corrected chi connectivity index (χ4v) is 1.22. The maximum Gasteiger partial charge on any atom is 0.192 e. The number of rotatable bonds is 7. The lowest BCUT2D eigenvalue weighted by Gasteiger charge is -2.31. The van der Waals surface area contributed by atoms with Crippen LogP contribution in [0.15, 0.2) is 0 Å². The van der Waals surface area contributed by atoms with Crippen molar-refractivity contribution in [2.45, 2.75) is 56.9 Å². The quantitative estimate of drug-likeness (QED) is 0.226. The highest BCUT2D eigenvalue weighted by molar-refractivity contribution is 4.82. The highest BCUT2D eigenvalue weighted by Crippen LogP contribution is 2.19. The van der Waals surface area contributed by atoms with E-state index in [1.54, 1.807) is 0 Å². The number of hydrogen-bond acceptors (Lipinski definition) is 6. The minimum Gasteiger partial charge on any atom is -0.385 e. The van der Waals surface area contributed by atoms with E-state index in [0.717, 1.165) is 12.8 Å². The second-order valence-corrected chi connectivity index (χ2v) is 3.68. The molecular weight excluding hydrogens is 204 g/mol. The number of aliphatic hydroxyl groups is 6. The summed E-state index contributed by atoms with van der Waals surface area (Å²) in [5.41, 5.74) is 0. The molecule has 0 heterocycles. The third-order valence-corrected chi connectivity index (χ3v) is 2.25. The molecule has 0 saturated heterocycles. The number of unbranched alkanes of at least 4 members (excludes halogenated alkanes) is 2. The maximum absolute atomic E-state index is 9.35. The van der Waals surface area contributed by atoms with Crippen LogP contribution < -0.4 is 0 Å². The molecule has 0 bridgehead atoms. The van der Waals surface area contributed by atoms with Gasteiger partial charge in [0.25, 0.3) is 0 Å². The molecule has 0 fully saturated rings. The van der Waals surface area contributed by atoms with Crippen LogP contribution in [-0.2, 0) is 0 Å². The van der Waals surface area contributed by atoms with Gasteiger partial charge < -0.3 is 30.6 Å². The molecule has 0 aromatic heterocycles. The van der Waals surface area contributed by atoms with E-state index in [9.17, 15) is 15.3 Å². The highest BCUT2D eigenvalue weighted by Gasteiger charge is 2.40. The van der Waals surface area contributed by atoms with E-state index in [2.05, 4.69) is 0 Å². The fraction of sp³-hybridized carbons (Fsp3) is 1.00. The van der Waals surface area contributed by atoms with Gasteiger partial charge in [-0.2, -0.15) is 0 Å². The molecular formula is C9H20O6. The summed E-state index contributed by atoms with van der Waals surface area (Å²) in [6, 6.07) is 0. The molecule has 15 heavy (non-hydrogen) atoms. The van der Waals surface area contributed by atoms with Crippen molar-refractivity contribution in [3.63, 3.8) is 0 Å². The zero-order valence-electron chi connectivity index (χ0n) is 8.74. The molecule has 0 saturated carbocycles. The largest absolute Gasteiger partial charge is 0.385 e. The first-order valence-electron chi connectivity index (χ1n) is 5.00. The average Bonchev–Trinajstić information content (AvgIpc) is 2.15. The molecule has 6 N–H and O–H groups in total. The third kappa shape index (κ3) is 4.87. The van der Waals surface area contributed by atoms with E-state index in [1.165, 1.54) is 0 Å². The molecule has 0 amide bonds. The van der Waals surface area contributed by atoms with Crippen molar-refractivity contribution < 1.29 is 30.6 Å². The van der Waals surface area contributed by atoms with Gasteiger partial charge in [0.2, 0.25) is 0 Å². The van der Waals surface area contributed by atoms with Gasteiger partial charge in [0.15, 0.2) is 12.1 Å². The van der Waals surface area contributed by atoms with E-state index < -0.39 is 24.3 Å². The summed E-state index contributed by atoms with van der Waals surface area (Å²) in [4.78, 5) is 0. The van der Waals surface area contributed by atoms with Crippen molar-refractivity contribution in [2.24, 2.45) is 0 Å². The molecule has 0 rings (SSSR count). The second-order valence-electron chi connectivity index (χ2n) is 3.68. The predicted molar refractivity (Wildman–Crippen MR) is 51.5 cm³/mol. The highest BCUT2D eigenvalue weighted by atomic mass is 16.5. The van der Waals surface area contributed by atoms with Crippen LogP contribution in [0.25, 0.3) is 0 Å². The summed E-state index contributed by atoms with van der Waals surface area (Å²) < 4.78 is 0. The van der Waals surface area contributed by atoms with Crippen LogP contribution in [-0.4, -0.2) is 54.9 Å². The Bertz CT molecular complexity index is 170. The first-order valence-corrected chi connectivity index (χ1v) is 5.00. The van der Waals surface area contributed by atoms with Gasteiger partial charge in [-0.25, -0.2) is 0 Å². The van der Waals surface area contributed by atoms with Crippen molar-refractivity contribution in [2.75, 3.05) is 0 Å². The van der Waals surface area contributed by atoms with Gasteiger partial charge in [0, 0.05) is 6.42 Å². The molecule has 2 unspecified atom stereocenters. The van der Waals surface area contributed by atoms with Gasteiger partial charge in [-0.05, 0) is 6.42 Å². The second kappa shape index (κ2) is 6.37. The fourth-order valence-electron chi connectivity index (χ4n) is 1.22. The lowest BCUT2D eigenvalue weighted by Crippen LogP contribution is -2.53. The molecule has 0 aromatic carbocycles. The zero-order chi connectivity index (χ0) is 12.1. The molecule has 6 heteroatoms. The standard InChI is InChI=1S/C9H20O6/c1-2-3-4-5-9(14,15)7(11)6(10)8(12)13/h6-8,10-15H,2-5H2,1H3. The molecule has 0 aliphatic rings. The number of aliphatic hydroxyl groups excluding tert-OH is 3. The first-order chi connectivity index (χ1) is 6.83. The van der Waals surface area contributed by atoms with Gasteiger partial charge in [-0.15, -0.1) is 0 Å². The van der Waals surface area contributed by atoms with Crippen molar-refractivity contribution in [3.8, 4) is 0 Å². The van der Waals surface area contributed by atoms with Gasteiger partial charge >= 0.3 is 0 Å². The Labute approximate surface area is 88.4 Å². The summed E-state index contributed by atoms with van der Waals surface area (Å²) in [5, 5.41) is 54.1. The van der Waals surface area contributed by atoms with Crippen molar-refractivity contribution in [3.05, 3.63) is 0 Å². The van der Waals surface area contributed by atoms with Gasteiger partial charge in [-0.1, -0.05) is 19.8 Å². The molecule has 0 spiro atoms. The maximum atomic E-state index is 9.35. The van der Waals surface area contributed by atoms with Crippen LogP contribution in [0.2, 0.25) is 0 Å². The van der Waals surface area contributed by atoms with E-state index in [0.29, 0.717) is 6.42 Å². The van der Waals surface area contributed by atoms with Crippen LogP contribution in [0.5, 0.6) is 0 Å². The topological polar surface area (TPSA) is 121 Å². The predicted octanol–water partition coefficient (Wildman–Crippen LogP) is -1.72. The summed E-state index contributed by atoms with van der Waals surface area (Å²) >= 11 is 0. The Morgan fingerprint density at radius 2 is 1.53 bits per heavy atom. The zero-order valence-corrected chi connectivity index (χ0v) is 8.74. The Morgan fingerprint density at radius 3 is 1.93 bits per heavy atom. The van der Waals surface area contributed by atoms with Crippen LogP contribution in [0.3, 0.4) is 0 Å². The van der Waals surface area contributed by atoms with Crippen molar-refractivity contribution in [1.82, 2.24) is 0 Å². The Balaban J connectivity index is 4.18. The van der Waals surface area contributed by atoms with Crippen molar-refractivity contribution in [1.29, 1.82) is 0 Å². The van der Waals surface area contributed by atoms with Crippen LogP contribution in [0.1, 0.15) is 32.6 Å². The van der Waals surface area contributed by atoms with Crippen LogP contribution >= 0.6 is 0 Å². The monoisotopic (exact) mass is 224 g/mol. The van der Waals surface area contributed by atoms with Crippen LogP contribution in [0.4, 0.5) is 0 Å². The molecule has 0 aromatic rings. The summed E-state index contributed by atoms with van der Waals surface area (Å²) in [7, 11) is 0. The Hall–Kier alpha value is -0.240. The lowest BCUT2D eigenvalue weighted by atomic mass is 9.98. The molecule has 0 aliphatic carbocycles. The van der Waals surface area contributed by atoms with E-state index in [4.69, 9.17) is 15.3 Å². The van der Waals surface area contributed by atoms with E-state index in [1.807, 2.05) is 6.92 Å². The van der Waals surface area contributed by atoms with Gasteiger partial charge in [0.1, 0.15) is 12.2 Å². The average molecular weight is 224 g/mol. The summed E-state index contributed by atoms with van der Waals surface area (Å²) in [5.74, 6) is -2.50. The molecule has 0 radical (unpaired) electrons.